The Morgan fingerprint density at radius 1 is 1.30 bits per heavy atom. The van der Waals surface area contributed by atoms with Gasteiger partial charge in [0.15, 0.2) is 0 Å². The van der Waals surface area contributed by atoms with Gasteiger partial charge in [-0.15, -0.1) is 0 Å². The molecule has 1 aliphatic heterocycles. The molecule has 112 valence electrons. The third-order valence-electron chi connectivity index (χ3n) is 4.30. The predicted molar refractivity (Wildman–Crippen MR) is 86.6 cm³/mol. The smallest absolute Gasteiger partial charge is 0.128 e. The van der Waals surface area contributed by atoms with Gasteiger partial charge in [0.1, 0.15) is 5.82 Å². The molecule has 1 unspecified atom stereocenters. The van der Waals surface area contributed by atoms with E-state index in [2.05, 4.69) is 53.1 Å². The molecular formula is C16H28N4. The van der Waals surface area contributed by atoms with Crippen LogP contribution >= 0.6 is 0 Å². The highest BCUT2D eigenvalue weighted by Gasteiger charge is 2.18. The van der Waals surface area contributed by atoms with E-state index in [4.69, 9.17) is 0 Å². The van der Waals surface area contributed by atoms with E-state index in [0.29, 0.717) is 6.04 Å². The zero-order valence-corrected chi connectivity index (χ0v) is 13.1. The van der Waals surface area contributed by atoms with Crippen LogP contribution in [0.2, 0.25) is 0 Å². The van der Waals surface area contributed by atoms with Gasteiger partial charge in [-0.25, -0.2) is 4.98 Å². The van der Waals surface area contributed by atoms with Gasteiger partial charge < -0.3 is 15.1 Å². The highest BCUT2D eigenvalue weighted by Crippen LogP contribution is 2.17. The topological polar surface area (TPSA) is 31.4 Å². The van der Waals surface area contributed by atoms with E-state index >= 15 is 0 Å². The molecule has 0 spiro atoms. The SMILES string of the molecule is CCN(CC)c1ccc(NCC2CCCCN2C)cn1. The van der Waals surface area contributed by atoms with Crippen molar-refractivity contribution in [1.82, 2.24) is 9.88 Å². The average molecular weight is 276 g/mol. The highest BCUT2D eigenvalue weighted by molar-refractivity contribution is 5.48. The Hall–Kier alpha value is -1.29. The van der Waals surface area contributed by atoms with Gasteiger partial charge in [-0.3, -0.25) is 0 Å². The minimum Gasteiger partial charge on any atom is -0.382 e. The minimum absolute atomic E-state index is 0.659. The second-order valence-corrected chi connectivity index (χ2v) is 5.59. The maximum atomic E-state index is 4.55. The Kier molecular flexibility index (Phi) is 5.65. The number of nitrogens with zero attached hydrogens (tertiary/aromatic N) is 3. The van der Waals surface area contributed by atoms with Crippen LogP contribution in [0.25, 0.3) is 0 Å². The maximum absolute atomic E-state index is 4.55. The number of piperidine rings is 1. The fraction of sp³-hybridized carbons (Fsp3) is 0.688. The lowest BCUT2D eigenvalue weighted by molar-refractivity contribution is 0.194. The first-order valence-corrected chi connectivity index (χ1v) is 7.89. The van der Waals surface area contributed by atoms with Crippen LogP contribution in [0.4, 0.5) is 11.5 Å². The number of anilines is 2. The van der Waals surface area contributed by atoms with E-state index in [1.54, 1.807) is 0 Å². The number of likely N-dealkylation sites (N-methyl/N-ethyl adjacent to an activating group) is 1. The van der Waals surface area contributed by atoms with E-state index in [1.807, 2.05) is 6.20 Å². The fourth-order valence-corrected chi connectivity index (χ4v) is 2.86. The van der Waals surface area contributed by atoms with Gasteiger partial charge in [0, 0.05) is 25.7 Å². The van der Waals surface area contributed by atoms with E-state index < -0.39 is 0 Å². The van der Waals surface area contributed by atoms with Crippen LogP contribution in [-0.2, 0) is 0 Å². The van der Waals surface area contributed by atoms with Crippen molar-refractivity contribution in [3.8, 4) is 0 Å². The van der Waals surface area contributed by atoms with Gasteiger partial charge in [-0.2, -0.15) is 0 Å². The monoisotopic (exact) mass is 276 g/mol. The summed E-state index contributed by atoms with van der Waals surface area (Å²) in [5, 5.41) is 3.52. The number of pyridine rings is 1. The molecule has 0 amide bonds. The molecule has 0 aliphatic carbocycles. The standard InChI is InChI=1S/C16H28N4/c1-4-20(5-2)16-10-9-14(12-18-16)17-13-15-8-6-7-11-19(15)3/h9-10,12,15,17H,4-8,11,13H2,1-3H3. The molecule has 1 atom stereocenters. The van der Waals surface area contributed by atoms with Gasteiger partial charge in [0.05, 0.1) is 11.9 Å². The molecule has 0 saturated carbocycles. The summed E-state index contributed by atoms with van der Waals surface area (Å²) in [6.45, 7) is 8.58. The normalized spacial score (nSPS) is 19.9. The fourth-order valence-electron chi connectivity index (χ4n) is 2.86. The Morgan fingerprint density at radius 3 is 2.70 bits per heavy atom. The largest absolute Gasteiger partial charge is 0.382 e. The molecule has 0 aromatic carbocycles. The summed E-state index contributed by atoms with van der Waals surface area (Å²) in [7, 11) is 2.23. The van der Waals surface area contributed by atoms with Gasteiger partial charge in [-0.1, -0.05) is 6.42 Å². The molecule has 0 radical (unpaired) electrons. The average Bonchev–Trinajstić information content (AvgIpc) is 2.49. The van der Waals surface area contributed by atoms with E-state index in [-0.39, 0.29) is 0 Å². The zero-order chi connectivity index (χ0) is 14.4. The number of hydrogen-bond donors (Lipinski definition) is 1. The first-order valence-electron chi connectivity index (χ1n) is 7.89. The van der Waals surface area contributed by atoms with E-state index in [0.717, 1.165) is 31.1 Å². The number of aromatic nitrogens is 1. The maximum Gasteiger partial charge on any atom is 0.128 e. The second kappa shape index (κ2) is 7.48. The van der Waals surface area contributed by atoms with Crippen molar-refractivity contribution >= 4 is 11.5 Å². The minimum atomic E-state index is 0.659. The Morgan fingerprint density at radius 2 is 2.10 bits per heavy atom. The number of likely N-dealkylation sites (tertiary alicyclic amines) is 1. The van der Waals surface area contributed by atoms with Crippen molar-refractivity contribution in [2.24, 2.45) is 0 Å². The van der Waals surface area contributed by atoms with Crippen molar-refractivity contribution in [3.63, 3.8) is 0 Å². The molecule has 4 heteroatoms. The number of nitrogens with one attached hydrogen (secondary N) is 1. The van der Waals surface area contributed by atoms with E-state index in [1.165, 1.54) is 25.8 Å². The first kappa shape index (κ1) is 15.1. The summed E-state index contributed by atoms with van der Waals surface area (Å²) in [4.78, 5) is 9.28. The molecule has 4 nitrogen and oxygen atoms in total. The summed E-state index contributed by atoms with van der Waals surface area (Å²) >= 11 is 0. The van der Waals surface area contributed by atoms with Crippen LogP contribution in [0.3, 0.4) is 0 Å². The van der Waals surface area contributed by atoms with Crippen molar-refractivity contribution in [2.45, 2.75) is 39.2 Å². The van der Waals surface area contributed by atoms with Crippen molar-refractivity contribution in [3.05, 3.63) is 18.3 Å². The van der Waals surface area contributed by atoms with E-state index in [9.17, 15) is 0 Å². The molecule has 2 rings (SSSR count). The first-order chi connectivity index (χ1) is 9.74. The lowest BCUT2D eigenvalue weighted by atomic mass is 10.0. The second-order valence-electron chi connectivity index (χ2n) is 5.59. The Labute approximate surface area is 123 Å². The van der Waals surface area contributed by atoms with Gasteiger partial charge in [-0.05, 0) is 52.4 Å². The summed E-state index contributed by atoms with van der Waals surface area (Å²) < 4.78 is 0. The lowest BCUT2D eigenvalue weighted by Gasteiger charge is -2.32. The van der Waals surface area contributed by atoms with Gasteiger partial charge in [0.2, 0.25) is 0 Å². The Bertz CT molecular complexity index is 386. The molecule has 1 N–H and O–H groups in total. The van der Waals surface area contributed by atoms with Crippen LogP contribution in [-0.4, -0.2) is 49.2 Å². The van der Waals surface area contributed by atoms with Gasteiger partial charge >= 0.3 is 0 Å². The quantitative estimate of drug-likeness (QED) is 0.866. The lowest BCUT2D eigenvalue weighted by Crippen LogP contribution is -2.40. The predicted octanol–water partition coefficient (Wildman–Crippen LogP) is 2.82. The molecule has 1 aromatic heterocycles. The third-order valence-corrected chi connectivity index (χ3v) is 4.30. The molecule has 1 fully saturated rings. The summed E-state index contributed by atoms with van der Waals surface area (Å²) in [6.07, 6.45) is 5.95. The zero-order valence-electron chi connectivity index (χ0n) is 13.1. The van der Waals surface area contributed by atoms with Crippen molar-refractivity contribution < 1.29 is 0 Å². The van der Waals surface area contributed by atoms with Crippen molar-refractivity contribution in [2.75, 3.05) is 43.4 Å². The van der Waals surface area contributed by atoms with Crippen LogP contribution in [0, 0.1) is 0 Å². The van der Waals surface area contributed by atoms with Gasteiger partial charge in [0.25, 0.3) is 0 Å². The highest BCUT2D eigenvalue weighted by atomic mass is 15.2. The molecule has 1 aromatic rings. The van der Waals surface area contributed by atoms with Crippen LogP contribution in [0.15, 0.2) is 18.3 Å². The Balaban J connectivity index is 1.87. The van der Waals surface area contributed by atoms with Crippen LogP contribution in [0.5, 0.6) is 0 Å². The molecule has 1 aliphatic rings. The number of rotatable bonds is 6. The van der Waals surface area contributed by atoms with Crippen LogP contribution < -0.4 is 10.2 Å². The molecular weight excluding hydrogens is 248 g/mol. The summed E-state index contributed by atoms with van der Waals surface area (Å²) in [5.41, 5.74) is 1.12. The van der Waals surface area contributed by atoms with Crippen LogP contribution in [0.1, 0.15) is 33.1 Å². The third kappa shape index (κ3) is 3.85. The molecule has 2 heterocycles. The summed E-state index contributed by atoms with van der Waals surface area (Å²) in [5.74, 6) is 1.07. The molecule has 1 saturated heterocycles. The molecule has 0 bridgehead atoms. The van der Waals surface area contributed by atoms with Crippen molar-refractivity contribution in [1.29, 1.82) is 0 Å². The number of hydrogen-bond acceptors (Lipinski definition) is 4. The summed E-state index contributed by atoms with van der Waals surface area (Å²) in [6, 6.07) is 4.91. The molecule has 20 heavy (non-hydrogen) atoms.